The molecule has 1 unspecified atom stereocenters. The summed E-state index contributed by atoms with van der Waals surface area (Å²) in [6, 6.07) is 18.9. The fraction of sp³-hybridized carbons (Fsp3) is 0.0952. The van der Waals surface area contributed by atoms with E-state index in [0.717, 1.165) is 22.0 Å². The lowest BCUT2D eigenvalue weighted by Crippen LogP contribution is -2.24. The van der Waals surface area contributed by atoms with E-state index >= 15 is 0 Å². The Morgan fingerprint density at radius 3 is 2.68 bits per heavy atom. The molecule has 0 aliphatic carbocycles. The van der Waals surface area contributed by atoms with Gasteiger partial charge in [0.1, 0.15) is 0 Å². The number of hydrogen-bond donors (Lipinski definition) is 1. The van der Waals surface area contributed by atoms with Crippen LogP contribution in [0.3, 0.4) is 0 Å². The van der Waals surface area contributed by atoms with Crippen molar-refractivity contribution in [3.05, 3.63) is 83.6 Å². The summed E-state index contributed by atoms with van der Waals surface area (Å²) >= 11 is 0. The number of aromatic nitrogens is 1. The lowest BCUT2D eigenvalue weighted by molar-refractivity contribution is -0.117. The molecule has 4 nitrogen and oxygen atoms in total. The number of rotatable bonds is 4. The van der Waals surface area contributed by atoms with Crippen molar-refractivity contribution in [1.82, 2.24) is 10.3 Å². The zero-order chi connectivity index (χ0) is 17.6. The van der Waals surface area contributed by atoms with Gasteiger partial charge in [0.15, 0.2) is 0 Å². The molecule has 0 aliphatic rings. The Labute approximate surface area is 146 Å². The highest BCUT2D eigenvalue weighted by atomic mass is 16.1. The van der Waals surface area contributed by atoms with Gasteiger partial charge < -0.3 is 5.32 Å². The van der Waals surface area contributed by atoms with Gasteiger partial charge in [0.25, 0.3) is 0 Å². The number of nitrogens with zero attached hydrogens (tertiary/aromatic N) is 2. The Morgan fingerprint density at radius 1 is 1.16 bits per heavy atom. The number of nitriles is 1. The van der Waals surface area contributed by atoms with Crippen LogP contribution in [0.25, 0.3) is 17.0 Å². The van der Waals surface area contributed by atoms with Crippen LogP contribution >= 0.6 is 0 Å². The normalized spacial score (nSPS) is 12.0. The highest BCUT2D eigenvalue weighted by Gasteiger charge is 2.07. The van der Waals surface area contributed by atoms with E-state index in [9.17, 15) is 4.79 Å². The molecular formula is C21H17N3O. The highest BCUT2D eigenvalue weighted by molar-refractivity contribution is 5.95. The third-order valence-electron chi connectivity index (χ3n) is 3.98. The predicted molar refractivity (Wildman–Crippen MR) is 98.5 cm³/mol. The summed E-state index contributed by atoms with van der Waals surface area (Å²) in [5, 5.41) is 12.8. The lowest BCUT2D eigenvalue weighted by atomic mass is 10.1. The first-order chi connectivity index (χ1) is 12.2. The van der Waals surface area contributed by atoms with E-state index in [1.54, 1.807) is 24.4 Å². The van der Waals surface area contributed by atoms with Gasteiger partial charge in [-0.25, -0.2) is 0 Å². The quantitative estimate of drug-likeness (QED) is 0.737. The van der Waals surface area contributed by atoms with Gasteiger partial charge in [-0.2, -0.15) is 5.26 Å². The van der Waals surface area contributed by atoms with Gasteiger partial charge in [-0.1, -0.05) is 36.4 Å². The van der Waals surface area contributed by atoms with Crippen molar-refractivity contribution in [1.29, 1.82) is 5.26 Å². The molecular weight excluding hydrogens is 310 g/mol. The van der Waals surface area contributed by atoms with Crippen molar-refractivity contribution < 1.29 is 4.79 Å². The molecule has 1 atom stereocenters. The largest absolute Gasteiger partial charge is 0.346 e. The van der Waals surface area contributed by atoms with Crippen LogP contribution in [0.2, 0.25) is 0 Å². The summed E-state index contributed by atoms with van der Waals surface area (Å²) in [6.45, 7) is 1.91. The van der Waals surface area contributed by atoms with Crippen LogP contribution in [0.15, 0.2) is 66.9 Å². The fourth-order valence-electron chi connectivity index (χ4n) is 2.62. The van der Waals surface area contributed by atoms with E-state index < -0.39 is 0 Å². The summed E-state index contributed by atoms with van der Waals surface area (Å²) in [5.74, 6) is -0.176. The molecule has 3 rings (SSSR count). The molecule has 122 valence electrons. The first-order valence-electron chi connectivity index (χ1n) is 8.00. The molecule has 2 aromatic carbocycles. The van der Waals surface area contributed by atoms with Gasteiger partial charge in [-0.05, 0) is 36.8 Å². The van der Waals surface area contributed by atoms with E-state index in [4.69, 9.17) is 5.26 Å². The number of benzene rings is 2. The van der Waals surface area contributed by atoms with E-state index in [2.05, 4.69) is 16.4 Å². The number of fused-ring (bicyclic) bond motifs is 1. The minimum Gasteiger partial charge on any atom is -0.346 e. The Hall–Kier alpha value is -3.45. The molecule has 0 radical (unpaired) electrons. The monoisotopic (exact) mass is 327 g/mol. The molecule has 1 heterocycles. The van der Waals surface area contributed by atoms with E-state index in [1.807, 2.05) is 49.4 Å². The van der Waals surface area contributed by atoms with Crippen LogP contribution in [0.5, 0.6) is 0 Å². The Balaban J connectivity index is 1.71. The average Bonchev–Trinajstić information content (AvgIpc) is 2.66. The zero-order valence-electron chi connectivity index (χ0n) is 13.8. The minimum atomic E-state index is -0.176. The predicted octanol–water partition coefficient (Wildman–Crippen LogP) is 4.00. The van der Waals surface area contributed by atoms with Crippen LogP contribution in [0, 0.1) is 11.3 Å². The van der Waals surface area contributed by atoms with Crippen molar-refractivity contribution in [2.75, 3.05) is 0 Å². The van der Waals surface area contributed by atoms with Gasteiger partial charge in [-0.15, -0.1) is 0 Å². The fourth-order valence-corrected chi connectivity index (χ4v) is 2.62. The molecule has 0 bridgehead atoms. The maximum Gasteiger partial charge on any atom is 0.244 e. The molecule has 0 saturated heterocycles. The standard InChI is InChI=1S/C21H17N3O/c1-15(17-9-7-16(14-22)8-10-17)24-20(25)12-11-19-5-2-4-18-6-3-13-23-21(18)19/h2-13,15H,1H3,(H,24,25)/b12-11+. The first-order valence-corrected chi connectivity index (χ1v) is 8.00. The smallest absolute Gasteiger partial charge is 0.244 e. The van der Waals surface area contributed by atoms with Crippen molar-refractivity contribution >= 4 is 22.9 Å². The van der Waals surface area contributed by atoms with Crippen molar-refractivity contribution in [3.63, 3.8) is 0 Å². The minimum absolute atomic E-state index is 0.143. The summed E-state index contributed by atoms with van der Waals surface area (Å²) in [5.41, 5.74) is 3.33. The molecule has 4 heteroatoms. The number of pyridine rings is 1. The first kappa shape index (κ1) is 16.4. The van der Waals surface area contributed by atoms with Crippen LogP contribution in [0.1, 0.15) is 29.7 Å². The van der Waals surface area contributed by atoms with Crippen molar-refractivity contribution in [2.45, 2.75) is 13.0 Å². The maximum atomic E-state index is 12.2. The number of carbonyl (C=O) groups excluding carboxylic acids is 1. The molecule has 0 saturated carbocycles. The Kier molecular flexibility index (Phi) is 4.87. The molecule has 0 aliphatic heterocycles. The van der Waals surface area contributed by atoms with Gasteiger partial charge in [0.05, 0.1) is 23.2 Å². The number of carbonyl (C=O) groups is 1. The average molecular weight is 327 g/mol. The SMILES string of the molecule is CC(NC(=O)/C=C/c1cccc2cccnc12)c1ccc(C#N)cc1. The number of amides is 1. The molecule has 25 heavy (non-hydrogen) atoms. The second-order valence-corrected chi connectivity index (χ2v) is 5.72. The lowest BCUT2D eigenvalue weighted by Gasteiger charge is -2.12. The number of hydrogen-bond acceptors (Lipinski definition) is 3. The summed E-state index contributed by atoms with van der Waals surface area (Å²) in [7, 11) is 0. The molecule has 3 aromatic rings. The van der Waals surface area contributed by atoms with Crippen molar-refractivity contribution in [3.8, 4) is 6.07 Å². The molecule has 1 aromatic heterocycles. The maximum absolute atomic E-state index is 12.2. The van der Waals surface area contributed by atoms with Gasteiger partial charge in [0, 0.05) is 23.2 Å². The van der Waals surface area contributed by atoms with E-state index in [1.165, 1.54) is 6.08 Å². The van der Waals surface area contributed by atoms with Crippen molar-refractivity contribution in [2.24, 2.45) is 0 Å². The topological polar surface area (TPSA) is 65.8 Å². The van der Waals surface area contributed by atoms with Gasteiger partial charge in [-0.3, -0.25) is 9.78 Å². The second kappa shape index (κ2) is 7.41. The molecule has 0 spiro atoms. The third kappa shape index (κ3) is 3.91. The summed E-state index contributed by atoms with van der Waals surface area (Å²) in [4.78, 5) is 16.6. The molecule has 1 N–H and O–H groups in total. The van der Waals surface area contributed by atoms with Crippen LogP contribution < -0.4 is 5.32 Å². The highest BCUT2D eigenvalue weighted by Crippen LogP contribution is 2.17. The van der Waals surface area contributed by atoms with Crippen LogP contribution in [-0.4, -0.2) is 10.9 Å². The van der Waals surface area contributed by atoms with Crippen LogP contribution in [-0.2, 0) is 4.79 Å². The second-order valence-electron chi connectivity index (χ2n) is 5.72. The molecule has 0 fully saturated rings. The Bertz CT molecular complexity index is 963. The Morgan fingerprint density at radius 2 is 1.92 bits per heavy atom. The third-order valence-corrected chi connectivity index (χ3v) is 3.98. The summed E-state index contributed by atoms with van der Waals surface area (Å²) < 4.78 is 0. The van der Waals surface area contributed by atoms with E-state index in [-0.39, 0.29) is 11.9 Å². The molecule has 1 amide bonds. The zero-order valence-corrected chi connectivity index (χ0v) is 13.8. The van der Waals surface area contributed by atoms with Gasteiger partial charge in [0.2, 0.25) is 5.91 Å². The van der Waals surface area contributed by atoms with Crippen LogP contribution in [0.4, 0.5) is 0 Å². The van der Waals surface area contributed by atoms with E-state index in [0.29, 0.717) is 5.56 Å². The van der Waals surface area contributed by atoms with Gasteiger partial charge >= 0.3 is 0 Å². The number of para-hydroxylation sites is 1. The number of nitrogens with one attached hydrogen (secondary N) is 1. The summed E-state index contributed by atoms with van der Waals surface area (Å²) in [6.07, 6.45) is 5.03.